The summed E-state index contributed by atoms with van der Waals surface area (Å²) >= 11 is 0. The van der Waals surface area contributed by atoms with Gasteiger partial charge < -0.3 is 15.1 Å². The Kier molecular flexibility index (Phi) is 9.63. The monoisotopic (exact) mass is 606 g/mol. The second-order valence-electron chi connectivity index (χ2n) is 12.7. The van der Waals surface area contributed by atoms with Gasteiger partial charge in [-0.2, -0.15) is 0 Å². The fourth-order valence-corrected chi connectivity index (χ4v) is 6.70. The van der Waals surface area contributed by atoms with Crippen molar-refractivity contribution in [2.75, 3.05) is 32.7 Å². The number of likely N-dealkylation sites (tertiary alicyclic amines) is 1. The first kappa shape index (κ1) is 31.6. The Hall–Kier alpha value is -3.85. The number of benzene rings is 3. The molecule has 0 spiro atoms. The highest BCUT2D eigenvalue weighted by Crippen LogP contribution is 2.45. The van der Waals surface area contributed by atoms with Crippen molar-refractivity contribution in [1.82, 2.24) is 20.0 Å². The highest BCUT2D eigenvalue weighted by molar-refractivity contribution is 5.95. The van der Waals surface area contributed by atoms with Crippen LogP contribution in [0.4, 0.5) is 22.8 Å². The van der Waals surface area contributed by atoms with Crippen LogP contribution < -0.4 is 5.32 Å². The van der Waals surface area contributed by atoms with Crippen molar-refractivity contribution in [3.63, 3.8) is 0 Å². The van der Waals surface area contributed by atoms with Crippen LogP contribution in [0.2, 0.25) is 0 Å². The molecule has 0 aromatic heterocycles. The van der Waals surface area contributed by atoms with Crippen LogP contribution in [0.3, 0.4) is 0 Å². The predicted octanol–water partition coefficient (Wildman–Crippen LogP) is 7.65. The van der Waals surface area contributed by atoms with Crippen molar-refractivity contribution >= 4 is 12.1 Å². The molecule has 9 heteroatoms. The van der Waals surface area contributed by atoms with Crippen LogP contribution >= 0.6 is 0 Å². The lowest BCUT2D eigenvalue weighted by Crippen LogP contribution is -2.62. The quantitative estimate of drug-likeness (QED) is 0.268. The molecule has 234 valence electrons. The Bertz CT molecular complexity index is 1440. The number of amides is 4. The first-order valence-electron chi connectivity index (χ1n) is 15.4. The summed E-state index contributed by atoms with van der Waals surface area (Å²) in [7, 11) is 0. The number of piperidine rings is 1. The largest absolute Gasteiger partial charge is 0.338 e. The molecule has 0 radical (unpaired) electrons. The summed E-state index contributed by atoms with van der Waals surface area (Å²) in [4.78, 5) is 33.0. The van der Waals surface area contributed by atoms with Gasteiger partial charge in [0.25, 0.3) is 0 Å². The molecule has 3 aromatic carbocycles. The number of nitrogens with zero attached hydrogens (tertiary/aromatic N) is 3. The molecule has 5 rings (SSSR count). The number of urea groups is 2. The predicted molar refractivity (Wildman–Crippen MR) is 165 cm³/mol. The smallest absolute Gasteiger partial charge is 0.329 e. The first-order chi connectivity index (χ1) is 21.0. The lowest BCUT2D eigenvalue weighted by atomic mass is 9.77. The molecule has 1 unspecified atom stereocenters. The van der Waals surface area contributed by atoms with Gasteiger partial charge in [-0.25, -0.2) is 27.7 Å². The van der Waals surface area contributed by atoms with E-state index in [1.807, 2.05) is 63.2 Å². The van der Waals surface area contributed by atoms with Gasteiger partial charge in [0.2, 0.25) is 0 Å². The molecule has 2 aliphatic rings. The highest BCUT2D eigenvalue weighted by Gasteiger charge is 2.50. The summed E-state index contributed by atoms with van der Waals surface area (Å²) in [5.41, 5.74) is 1.80. The summed E-state index contributed by atoms with van der Waals surface area (Å²) in [6.07, 6.45) is 2.67. The van der Waals surface area contributed by atoms with E-state index in [9.17, 15) is 22.8 Å². The Morgan fingerprint density at radius 2 is 1.59 bits per heavy atom. The summed E-state index contributed by atoms with van der Waals surface area (Å²) < 4.78 is 41.6. The van der Waals surface area contributed by atoms with Crippen molar-refractivity contribution in [3.05, 3.63) is 107 Å². The number of halogens is 3. The second kappa shape index (κ2) is 13.4. The molecular formula is C35H41F3N4O2. The van der Waals surface area contributed by atoms with Gasteiger partial charge in [-0.05, 0) is 92.7 Å². The van der Waals surface area contributed by atoms with Crippen LogP contribution in [0, 0.1) is 22.9 Å². The minimum absolute atomic E-state index is 0.224. The van der Waals surface area contributed by atoms with Gasteiger partial charge in [-0.3, -0.25) is 0 Å². The maximum atomic E-state index is 14.4. The van der Waals surface area contributed by atoms with E-state index in [0.29, 0.717) is 31.0 Å². The summed E-state index contributed by atoms with van der Waals surface area (Å²) in [6, 6.07) is 17.8. The zero-order valence-electron chi connectivity index (χ0n) is 25.6. The molecule has 2 atom stereocenters. The van der Waals surface area contributed by atoms with E-state index in [4.69, 9.17) is 0 Å². The van der Waals surface area contributed by atoms with E-state index in [0.717, 1.165) is 50.2 Å². The fraction of sp³-hybridized carbons (Fsp3) is 0.429. The Labute approximate surface area is 257 Å². The van der Waals surface area contributed by atoms with Crippen molar-refractivity contribution in [2.45, 2.75) is 58.0 Å². The van der Waals surface area contributed by atoms with Crippen LogP contribution in [-0.4, -0.2) is 59.5 Å². The van der Waals surface area contributed by atoms with Gasteiger partial charge in [0, 0.05) is 18.5 Å². The van der Waals surface area contributed by atoms with Gasteiger partial charge >= 0.3 is 12.1 Å². The van der Waals surface area contributed by atoms with Gasteiger partial charge in [-0.1, -0.05) is 62.4 Å². The van der Waals surface area contributed by atoms with Crippen molar-refractivity contribution in [2.24, 2.45) is 5.41 Å². The lowest BCUT2D eigenvalue weighted by molar-refractivity contribution is 0.0233. The molecule has 3 aromatic rings. The zero-order chi connectivity index (χ0) is 31.4. The van der Waals surface area contributed by atoms with E-state index in [1.165, 1.54) is 28.7 Å². The minimum atomic E-state index is -1.02. The summed E-state index contributed by atoms with van der Waals surface area (Å²) in [5.74, 6) is -1.81. The number of hydrogen-bond donors (Lipinski definition) is 1. The third-order valence-corrected chi connectivity index (χ3v) is 9.11. The Morgan fingerprint density at radius 3 is 2.25 bits per heavy atom. The van der Waals surface area contributed by atoms with Crippen LogP contribution in [-0.2, 0) is 0 Å². The maximum absolute atomic E-state index is 14.4. The number of rotatable bonds is 8. The number of nitrogens with one attached hydrogen (secondary N) is 1. The summed E-state index contributed by atoms with van der Waals surface area (Å²) in [6.45, 7) is 9.11. The molecule has 6 nitrogen and oxygen atoms in total. The molecule has 4 amide bonds. The van der Waals surface area contributed by atoms with Crippen molar-refractivity contribution in [1.29, 1.82) is 0 Å². The molecule has 2 fully saturated rings. The Morgan fingerprint density at radius 1 is 0.932 bits per heavy atom. The number of hydrogen-bond acceptors (Lipinski definition) is 3. The molecule has 2 aliphatic heterocycles. The molecule has 44 heavy (non-hydrogen) atoms. The van der Waals surface area contributed by atoms with Crippen LogP contribution in [0.15, 0.2) is 72.8 Å². The molecule has 0 aliphatic carbocycles. The molecule has 2 saturated heterocycles. The Balaban J connectivity index is 1.25. The van der Waals surface area contributed by atoms with Crippen LogP contribution in [0.5, 0.6) is 0 Å². The lowest BCUT2D eigenvalue weighted by Gasteiger charge is -2.51. The molecule has 0 bridgehead atoms. The zero-order valence-corrected chi connectivity index (χ0v) is 25.6. The van der Waals surface area contributed by atoms with Crippen LogP contribution in [0.25, 0.3) is 0 Å². The maximum Gasteiger partial charge on any atom is 0.329 e. The number of carbonyl (C=O) groups is 2. The average molecular weight is 607 g/mol. The van der Waals surface area contributed by atoms with E-state index in [1.54, 1.807) is 4.90 Å². The van der Waals surface area contributed by atoms with E-state index < -0.39 is 35.2 Å². The average Bonchev–Trinajstić information content (AvgIpc) is 3.02. The minimum Gasteiger partial charge on any atom is -0.338 e. The van der Waals surface area contributed by atoms with E-state index in [2.05, 4.69) is 10.2 Å². The topological polar surface area (TPSA) is 55.9 Å². The normalized spacial score (nSPS) is 20.0. The third-order valence-electron chi connectivity index (χ3n) is 9.11. The molecular weight excluding hydrogens is 565 g/mol. The first-order valence-corrected chi connectivity index (χ1v) is 15.4. The van der Waals surface area contributed by atoms with Gasteiger partial charge in [-0.15, -0.1) is 0 Å². The fourth-order valence-electron chi connectivity index (χ4n) is 6.70. The highest BCUT2D eigenvalue weighted by atomic mass is 19.2. The van der Waals surface area contributed by atoms with E-state index >= 15 is 0 Å². The molecule has 0 saturated carbocycles. The van der Waals surface area contributed by atoms with Crippen molar-refractivity contribution < 1.29 is 22.8 Å². The third kappa shape index (κ3) is 6.93. The van der Waals surface area contributed by atoms with Gasteiger partial charge in [0.05, 0.1) is 12.1 Å². The van der Waals surface area contributed by atoms with Crippen molar-refractivity contribution in [3.8, 4) is 0 Å². The molecule has 1 N–H and O–H groups in total. The number of imide groups is 1. The summed E-state index contributed by atoms with van der Waals surface area (Å²) in [5, 5.41) is 2.93. The SMILES string of the molecule is C[C@H](c1ccccc1)N1CC(C)(C)C(c2ccc(F)c(F)c2)N(C(=O)NCCCN2CCC(c3ccc(F)cc3)CC2)C1=O. The molecule has 2 heterocycles. The van der Waals surface area contributed by atoms with Crippen LogP contribution in [0.1, 0.15) is 74.7 Å². The number of carbonyl (C=O) groups excluding carboxylic acids is 2. The van der Waals surface area contributed by atoms with Gasteiger partial charge in [0.15, 0.2) is 11.6 Å². The second-order valence-corrected chi connectivity index (χ2v) is 12.7. The standard InChI is InChI=1S/C35H41F3N4O2/c1-24(25-8-5-4-6-9-25)41-23-35(2,3)32(28-12-15-30(37)31(38)22-28)42(34(41)44)33(43)39-18-7-19-40-20-16-27(17-21-40)26-10-13-29(36)14-11-26/h4-6,8-15,22,24,27,32H,7,16-21,23H2,1-3H3,(H,39,43)/t24-,32?/m1/s1. The van der Waals surface area contributed by atoms with Gasteiger partial charge in [0.1, 0.15) is 5.82 Å². The van der Waals surface area contributed by atoms with E-state index in [-0.39, 0.29) is 11.9 Å².